The number of urea groups is 1. The molecule has 0 radical (unpaired) electrons. The van der Waals surface area contributed by atoms with E-state index in [0.717, 1.165) is 6.07 Å². The summed E-state index contributed by atoms with van der Waals surface area (Å²) in [5, 5.41) is 3.71. The molecular formula is C10H12F3N3O3S. The molecule has 6 nitrogen and oxygen atoms in total. The van der Waals surface area contributed by atoms with E-state index in [0.29, 0.717) is 0 Å². The van der Waals surface area contributed by atoms with Crippen molar-refractivity contribution in [1.29, 1.82) is 0 Å². The van der Waals surface area contributed by atoms with E-state index in [-0.39, 0.29) is 10.6 Å². The highest BCUT2D eigenvalue weighted by atomic mass is 32.2. The molecule has 0 spiro atoms. The lowest BCUT2D eigenvalue weighted by Gasteiger charge is -2.10. The average molecular weight is 311 g/mol. The van der Waals surface area contributed by atoms with E-state index in [1.54, 1.807) is 5.32 Å². The number of carbonyl (C=O) groups excluding carboxylic acids is 1. The Morgan fingerprint density at radius 2 is 1.95 bits per heavy atom. The number of hydrogen-bond acceptors (Lipinski definition) is 3. The highest BCUT2D eigenvalue weighted by Gasteiger charge is 2.27. The summed E-state index contributed by atoms with van der Waals surface area (Å²) in [6.07, 6.45) is -4.52. The second-order valence-electron chi connectivity index (χ2n) is 3.66. The van der Waals surface area contributed by atoms with Crippen molar-refractivity contribution in [3.05, 3.63) is 24.3 Å². The Morgan fingerprint density at radius 3 is 2.50 bits per heavy atom. The molecule has 10 heteroatoms. The Hall–Kier alpha value is -1.81. The van der Waals surface area contributed by atoms with E-state index < -0.39 is 28.8 Å². The van der Waals surface area contributed by atoms with Crippen LogP contribution < -0.4 is 15.4 Å². The third-order valence-corrected chi connectivity index (χ3v) is 3.53. The Labute approximate surface area is 113 Å². The molecule has 0 aliphatic carbocycles. The van der Waals surface area contributed by atoms with Gasteiger partial charge in [-0.1, -0.05) is 6.07 Å². The second kappa shape index (κ2) is 6.09. The van der Waals surface area contributed by atoms with Gasteiger partial charge in [-0.3, -0.25) is 0 Å². The van der Waals surface area contributed by atoms with Gasteiger partial charge in [0.25, 0.3) is 0 Å². The SMILES string of the molecule is CNS(=O)(=O)c1cccc(NC(=O)NCC(F)(F)F)c1. The second-order valence-corrected chi connectivity index (χ2v) is 5.54. The predicted molar refractivity (Wildman–Crippen MR) is 65.8 cm³/mol. The first-order valence-corrected chi connectivity index (χ1v) is 6.77. The first-order valence-electron chi connectivity index (χ1n) is 5.29. The van der Waals surface area contributed by atoms with E-state index >= 15 is 0 Å². The third kappa shape index (κ3) is 5.05. The molecular weight excluding hydrogens is 299 g/mol. The van der Waals surface area contributed by atoms with Crippen LogP contribution in [0.25, 0.3) is 0 Å². The van der Waals surface area contributed by atoms with Gasteiger partial charge in [0.15, 0.2) is 0 Å². The van der Waals surface area contributed by atoms with E-state index in [1.165, 1.54) is 25.2 Å². The number of alkyl halides is 3. The number of amides is 2. The Bertz CT molecular complexity index is 587. The van der Waals surface area contributed by atoms with Gasteiger partial charge in [-0.15, -0.1) is 0 Å². The first-order chi connectivity index (χ1) is 9.14. The number of benzene rings is 1. The molecule has 0 bridgehead atoms. The van der Waals surface area contributed by atoms with Gasteiger partial charge in [-0.05, 0) is 25.2 Å². The van der Waals surface area contributed by atoms with E-state index in [2.05, 4.69) is 10.0 Å². The third-order valence-electron chi connectivity index (χ3n) is 2.12. The van der Waals surface area contributed by atoms with Crippen molar-refractivity contribution in [1.82, 2.24) is 10.0 Å². The zero-order valence-corrected chi connectivity index (χ0v) is 11.1. The largest absolute Gasteiger partial charge is 0.405 e. The fraction of sp³-hybridized carbons (Fsp3) is 0.300. The maximum absolute atomic E-state index is 11.9. The van der Waals surface area contributed by atoms with Gasteiger partial charge in [0.05, 0.1) is 4.90 Å². The van der Waals surface area contributed by atoms with Crippen molar-refractivity contribution in [3.8, 4) is 0 Å². The van der Waals surface area contributed by atoms with Crippen LogP contribution in [0.5, 0.6) is 0 Å². The molecule has 20 heavy (non-hydrogen) atoms. The average Bonchev–Trinajstić information content (AvgIpc) is 2.36. The molecule has 112 valence electrons. The zero-order valence-electron chi connectivity index (χ0n) is 10.3. The van der Waals surface area contributed by atoms with Crippen LogP contribution in [-0.2, 0) is 10.0 Å². The molecule has 0 saturated heterocycles. The molecule has 1 aromatic rings. The first kappa shape index (κ1) is 16.2. The minimum absolute atomic E-state index is 0.0565. The lowest BCUT2D eigenvalue weighted by Crippen LogP contribution is -2.36. The summed E-state index contributed by atoms with van der Waals surface area (Å²) in [6.45, 7) is -1.48. The molecule has 1 aromatic carbocycles. The minimum atomic E-state index is -4.52. The van der Waals surface area contributed by atoms with Crippen LogP contribution in [0.1, 0.15) is 0 Å². The Balaban J connectivity index is 2.75. The van der Waals surface area contributed by atoms with E-state index in [1.807, 2.05) is 0 Å². The number of rotatable bonds is 4. The van der Waals surface area contributed by atoms with E-state index in [9.17, 15) is 26.4 Å². The lowest BCUT2D eigenvalue weighted by molar-refractivity contribution is -0.122. The van der Waals surface area contributed by atoms with Crippen LogP contribution in [-0.4, -0.2) is 34.2 Å². The summed E-state index contributed by atoms with van der Waals surface area (Å²) in [7, 11) is -2.48. The quantitative estimate of drug-likeness (QED) is 0.783. The van der Waals surface area contributed by atoms with Crippen molar-refractivity contribution in [2.75, 3.05) is 18.9 Å². The zero-order chi connectivity index (χ0) is 15.4. The van der Waals surface area contributed by atoms with Crippen molar-refractivity contribution in [2.24, 2.45) is 0 Å². The number of halogens is 3. The molecule has 0 saturated carbocycles. The van der Waals surface area contributed by atoms with Crippen LogP contribution in [0, 0.1) is 0 Å². The maximum atomic E-state index is 11.9. The predicted octanol–water partition coefficient (Wildman–Crippen LogP) is 1.28. The number of carbonyl (C=O) groups is 1. The van der Waals surface area contributed by atoms with Crippen LogP contribution >= 0.6 is 0 Å². The summed E-state index contributed by atoms with van der Waals surface area (Å²) in [5.41, 5.74) is 0.0565. The Kier molecular flexibility index (Phi) is 4.95. The molecule has 3 N–H and O–H groups in total. The summed E-state index contributed by atoms with van der Waals surface area (Å²) in [5.74, 6) is 0. The van der Waals surface area contributed by atoms with Crippen molar-refractivity contribution in [3.63, 3.8) is 0 Å². The monoisotopic (exact) mass is 311 g/mol. The highest BCUT2D eigenvalue weighted by molar-refractivity contribution is 7.89. The van der Waals surface area contributed by atoms with Gasteiger partial charge in [-0.2, -0.15) is 13.2 Å². The maximum Gasteiger partial charge on any atom is 0.405 e. The number of sulfonamides is 1. The van der Waals surface area contributed by atoms with Gasteiger partial charge >= 0.3 is 12.2 Å². The molecule has 1 rings (SSSR count). The Morgan fingerprint density at radius 1 is 1.30 bits per heavy atom. The topological polar surface area (TPSA) is 87.3 Å². The fourth-order valence-electron chi connectivity index (χ4n) is 1.21. The molecule has 0 unspecified atom stereocenters. The number of nitrogens with one attached hydrogen (secondary N) is 3. The van der Waals surface area contributed by atoms with Crippen molar-refractivity contribution in [2.45, 2.75) is 11.1 Å². The van der Waals surface area contributed by atoms with E-state index in [4.69, 9.17) is 0 Å². The highest BCUT2D eigenvalue weighted by Crippen LogP contribution is 2.15. The van der Waals surface area contributed by atoms with Gasteiger partial charge in [0, 0.05) is 5.69 Å². The minimum Gasteiger partial charge on any atom is -0.329 e. The molecule has 0 heterocycles. The molecule has 0 aromatic heterocycles. The molecule has 0 fully saturated rings. The summed E-state index contributed by atoms with van der Waals surface area (Å²) in [6, 6.07) is 4.02. The smallest absolute Gasteiger partial charge is 0.329 e. The molecule has 2 amide bonds. The lowest BCUT2D eigenvalue weighted by atomic mass is 10.3. The molecule has 0 aliphatic rings. The van der Waals surface area contributed by atoms with Crippen LogP contribution in [0.2, 0.25) is 0 Å². The number of hydrogen-bond donors (Lipinski definition) is 3. The molecule has 0 atom stereocenters. The van der Waals surface area contributed by atoms with Gasteiger partial charge in [-0.25, -0.2) is 17.9 Å². The summed E-state index contributed by atoms with van der Waals surface area (Å²) in [4.78, 5) is 11.1. The summed E-state index contributed by atoms with van der Waals surface area (Å²) >= 11 is 0. The number of anilines is 1. The van der Waals surface area contributed by atoms with Crippen LogP contribution in [0.3, 0.4) is 0 Å². The van der Waals surface area contributed by atoms with Gasteiger partial charge in [0.2, 0.25) is 10.0 Å². The molecule has 0 aliphatic heterocycles. The van der Waals surface area contributed by atoms with Crippen LogP contribution in [0.4, 0.5) is 23.7 Å². The van der Waals surface area contributed by atoms with Gasteiger partial charge < -0.3 is 10.6 Å². The normalized spacial score (nSPS) is 12.0. The fourth-order valence-corrected chi connectivity index (χ4v) is 1.99. The summed E-state index contributed by atoms with van der Waals surface area (Å²) < 4.78 is 60.8. The van der Waals surface area contributed by atoms with Gasteiger partial charge in [0.1, 0.15) is 6.54 Å². The van der Waals surface area contributed by atoms with Crippen LogP contribution in [0.15, 0.2) is 29.2 Å². The van der Waals surface area contributed by atoms with Crippen molar-refractivity contribution >= 4 is 21.7 Å². The van der Waals surface area contributed by atoms with Crippen molar-refractivity contribution < 1.29 is 26.4 Å². The standard InChI is InChI=1S/C10H12F3N3O3S/c1-14-20(18,19)8-4-2-3-7(5-8)16-9(17)15-6-10(11,12)13/h2-5,14H,6H2,1H3,(H2,15,16,17).